The first-order valence-electron chi connectivity index (χ1n) is 9.46. The highest BCUT2D eigenvalue weighted by Gasteiger charge is 2.26. The molecule has 29 heavy (non-hydrogen) atoms. The highest BCUT2D eigenvalue weighted by atomic mass is 32.2. The molecule has 0 atom stereocenters. The van der Waals surface area contributed by atoms with Crippen molar-refractivity contribution in [3.05, 3.63) is 53.1 Å². The minimum atomic E-state index is -3.63. The molecule has 0 bridgehead atoms. The molecule has 1 aliphatic heterocycles. The first-order valence-corrected chi connectivity index (χ1v) is 10.9. The number of sulfonamides is 1. The van der Waals surface area contributed by atoms with Crippen LogP contribution in [0.15, 0.2) is 41.3 Å². The average Bonchev–Trinajstić information content (AvgIpc) is 2.71. The van der Waals surface area contributed by atoms with E-state index in [0.717, 1.165) is 16.7 Å². The van der Waals surface area contributed by atoms with Crippen LogP contribution < -0.4 is 10.1 Å². The lowest BCUT2D eigenvalue weighted by atomic mass is 10.1. The first kappa shape index (κ1) is 21.3. The summed E-state index contributed by atoms with van der Waals surface area (Å²) in [6, 6.07) is 10.4. The number of benzene rings is 2. The Morgan fingerprint density at radius 1 is 1.03 bits per heavy atom. The zero-order valence-corrected chi connectivity index (χ0v) is 17.7. The fourth-order valence-electron chi connectivity index (χ4n) is 2.97. The van der Waals surface area contributed by atoms with Crippen LogP contribution in [0.25, 0.3) is 0 Å². The number of nitrogens with zero attached hydrogens (tertiary/aromatic N) is 1. The third-order valence-corrected chi connectivity index (χ3v) is 6.83. The van der Waals surface area contributed by atoms with Crippen molar-refractivity contribution < 1.29 is 22.7 Å². The van der Waals surface area contributed by atoms with Gasteiger partial charge in [0, 0.05) is 18.8 Å². The summed E-state index contributed by atoms with van der Waals surface area (Å²) in [4.78, 5) is 12.5. The van der Waals surface area contributed by atoms with Crippen LogP contribution in [0.2, 0.25) is 0 Å². The van der Waals surface area contributed by atoms with E-state index in [4.69, 9.17) is 9.47 Å². The number of hydrogen-bond donors (Lipinski definition) is 1. The molecule has 1 aliphatic rings. The van der Waals surface area contributed by atoms with E-state index < -0.39 is 10.0 Å². The SMILES string of the molecule is Cc1ccc(OCC(=O)Nc2cc(S(=O)(=O)N3CCOCC3)ccc2C)cc1C. The molecule has 2 aromatic rings. The van der Waals surface area contributed by atoms with Crippen LogP contribution >= 0.6 is 0 Å². The minimum absolute atomic E-state index is 0.148. The van der Waals surface area contributed by atoms with E-state index in [0.29, 0.717) is 37.7 Å². The molecule has 1 amide bonds. The zero-order chi connectivity index (χ0) is 21.0. The Kier molecular flexibility index (Phi) is 6.56. The first-order chi connectivity index (χ1) is 13.8. The maximum absolute atomic E-state index is 12.8. The van der Waals surface area contributed by atoms with E-state index in [1.165, 1.54) is 10.4 Å². The van der Waals surface area contributed by atoms with Gasteiger partial charge in [-0.2, -0.15) is 4.31 Å². The molecule has 0 radical (unpaired) electrons. The summed E-state index contributed by atoms with van der Waals surface area (Å²) in [7, 11) is -3.63. The highest BCUT2D eigenvalue weighted by Crippen LogP contribution is 2.24. The number of carbonyl (C=O) groups excluding carboxylic acids is 1. The van der Waals surface area contributed by atoms with Crippen molar-refractivity contribution in [2.75, 3.05) is 38.2 Å². The molecule has 0 aromatic heterocycles. The van der Waals surface area contributed by atoms with Crippen molar-refractivity contribution in [1.29, 1.82) is 0 Å². The molecule has 7 nitrogen and oxygen atoms in total. The minimum Gasteiger partial charge on any atom is -0.484 e. The van der Waals surface area contributed by atoms with Crippen molar-refractivity contribution in [1.82, 2.24) is 4.31 Å². The maximum atomic E-state index is 12.8. The predicted molar refractivity (Wildman–Crippen MR) is 111 cm³/mol. The Morgan fingerprint density at radius 2 is 1.72 bits per heavy atom. The summed E-state index contributed by atoms with van der Waals surface area (Å²) in [5.41, 5.74) is 3.45. The molecule has 1 fully saturated rings. The van der Waals surface area contributed by atoms with E-state index in [2.05, 4.69) is 5.32 Å². The summed E-state index contributed by atoms with van der Waals surface area (Å²) >= 11 is 0. The molecule has 0 aliphatic carbocycles. The lowest BCUT2D eigenvalue weighted by Gasteiger charge is -2.26. The monoisotopic (exact) mass is 418 g/mol. The fourth-order valence-corrected chi connectivity index (χ4v) is 4.41. The second-order valence-corrected chi connectivity index (χ2v) is 9.01. The molecule has 0 saturated carbocycles. The van der Waals surface area contributed by atoms with Gasteiger partial charge in [-0.3, -0.25) is 4.79 Å². The number of hydrogen-bond acceptors (Lipinski definition) is 5. The van der Waals surface area contributed by atoms with Gasteiger partial charge in [-0.15, -0.1) is 0 Å². The molecular weight excluding hydrogens is 392 g/mol. The standard InChI is InChI=1S/C21H26N2O5S/c1-15-4-6-18(12-17(15)3)28-14-21(24)22-20-13-19(7-5-16(20)2)29(25,26)23-8-10-27-11-9-23/h4-7,12-13H,8-11,14H2,1-3H3,(H,22,24). The molecule has 1 heterocycles. The van der Waals surface area contributed by atoms with Gasteiger partial charge in [-0.25, -0.2) is 8.42 Å². The van der Waals surface area contributed by atoms with Gasteiger partial charge in [0.2, 0.25) is 10.0 Å². The summed E-state index contributed by atoms with van der Waals surface area (Å²) in [5, 5.41) is 2.75. The van der Waals surface area contributed by atoms with Crippen molar-refractivity contribution in [3.8, 4) is 5.75 Å². The van der Waals surface area contributed by atoms with Crippen LogP contribution in [0.4, 0.5) is 5.69 Å². The number of rotatable bonds is 6. The van der Waals surface area contributed by atoms with E-state index in [-0.39, 0.29) is 17.4 Å². The van der Waals surface area contributed by atoms with Gasteiger partial charge in [-0.05, 0) is 61.7 Å². The summed E-state index contributed by atoms with van der Waals surface area (Å²) in [6.07, 6.45) is 0. The normalized spacial score (nSPS) is 15.1. The van der Waals surface area contributed by atoms with Crippen molar-refractivity contribution in [3.63, 3.8) is 0 Å². The highest BCUT2D eigenvalue weighted by molar-refractivity contribution is 7.89. The number of carbonyl (C=O) groups is 1. The maximum Gasteiger partial charge on any atom is 0.262 e. The molecule has 0 unspecified atom stereocenters. The van der Waals surface area contributed by atoms with Crippen LogP contribution in [0.5, 0.6) is 5.75 Å². The van der Waals surface area contributed by atoms with Gasteiger partial charge in [0.25, 0.3) is 5.91 Å². The summed E-state index contributed by atoms with van der Waals surface area (Å²) in [5.74, 6) is 0.260. The molecular formula is C21H26N2O5S. The predicted octanol–water partition coefficient (Wildman–Crippen LogP) is 2.65. The van der Waals surface area contributed by atoms with E-state index in [1.807, 2.05) is 39.0 Å². The number of aryl methyl sites for hydroxylation is 3. The summed E-state index contributed by atoms with van der Waals surface area (Å²) < 4.78 is 37.9. The zero-order valence-electron chi connectivity index (χ0n) is 16.9. The second kappa shape index (κ2) is 8.94. The number of anilines is 1. The Bertz CT molecular complexity index is 998. The third kappa shape index (κ3) is 5.14. The molecule has 1 saturated heterocycles. The van der Waals surface area contributed by atoms with Crippen molar-refractivity contribution in [2.45, 2.75) is 25.7 Å². The van der Waals surface area contributed by atoms with Gasteiger partial charge in [-0.1, -0.05) is 12.1 Å². The molecule has 2 aromatic carbocycles. The number of nitrogens with one attached hydrogen (secondary N) is 1. The Balaban J connectivity index is 1.69. The van der Waals surface area contributed by atoms with Crippen molar-refractivity contribution >= 4 is 21.6 Å². The number of amides is 1. The summed E-state index contributed by atoms with van der Waals surface area (Å²) in [6.45, 7) is 7.03. The topological polar surface area (TPSA) is 84.9 Å². The Labute approximate surface area is 171 Å². The lowest BCUT2D eigenvalue weighted by Crippen LogP contribution is -2.40. The largest absolute Gasteiger partial charge is 0.484 e. The van der Waals surface area contributed by atoms with Crippen LogP contribution in [0.3, 0.4) is 0 Å². The van der Waals surface area contributed by atoms with E-state index in [9.17, 15) is 13.2 Å². The van der Waals surface area contributed by atoms with Gasteiger partial charge in [0.1, 0.15) is 5.75 Å². The molecule has 0 spiro atoms. The van der Waals surface area contributed by atoms with Gasteiger partial charge in [0.15, 0.2) is 6.61 Å². The van der Waals surface area contributed by atoms with E-state index >= 15 is 0 Å². The smallest absolute Gasteiger partial charge is 0.262 e. The van der Waals surface area contributed by atoms with Gasteiger partial charge < -0.3 is 14.8 Å². The number of ether oxygens (including phenoxy) is 2. The Morgan fingerprint density at radius 3 is 2.41 bits per heavy atom. The van der Waals surface area contributed by atoms with E-state index in [1.54, 1.807) is 12.1 Å². The molecule has 3 rings (SSSR count). The molecule has 8 heteroatoms. The number of morpholine rings is 1. The third-order valence-electron chi connectivity index (χ3n) is 4.94. The average molecular weight is 419 g/mol. The lowest BCUT2D eigenvalue weighted by molar-refractivity contribution is -0.118. The van der Waals surface area contributed by atoms with Gasteiger partial charge >= 0.3 is 0 Å². The molecule has 1 N–H and O–H groups in total. The van der Waals surface area contributed by atoms with Crippen LogP contribution in [-0.2, 0) is 19.6 Å². The van der Waals surface area contributed by atoms with Crippen LogP contribution in [0, 0.1) is 20.8 Å². The fraction of sp³-hybridized carbons (Fsp3) is 0.381. The quantitative estimate of drug-likeness (QED) is 0.780. The van der Waals surface area contributed by atoms with Crippen LogP contribution in [0.1, 0.15) is 16.7 Å². The van der Waals surface area contributed by atoms with Crippen LogP contribution in [-0.4, -0.2) is 51.5 Å². The second-order valence-electron chi connectivity index (χ2n) is 7.08. The van der Waals surface area contributed by atoms with Crippen molar-refractivity contribution in [2.24, 2.45) is 0 Å². The Hall–Kier alpha value is -2.42. The van der Waals surface area contributed by atoms with Gasteiger partial charge in [0.05, 0.1) is 18.1 Å². The molecule has 156 valence electrons.